The maximum Gasteiger partial charge on any atom is 0.306 e. The van der Waals surface area contributed by atoms with Gasteiger partial charge in [0.1, 0.15) is 18.0 Å². The number of ether oxygens (including phenoxy) is 1. The Morgan fingerprint density at radius 2 is 1.93 bits per heavy atom. The summed E-state index contributed by atoms with van der Waals surface area (Å²) < 4.78 is 20.3. The van der Waals surface area contributed by atoms with Crippen molar-refractivity contribution in [3.63, 3.8) is 0 Å². The van der Waals surface area contributed by atoms with E-state index in [0.29, 0.717) is 28.6 Å². The molecular weight excluding hydrogens is 432 g/mol. The van der Waals surface area contributed by atoms with Crippen LogP contribution in [0.1, 0.15) is 42.5 Å². The summed E-state index contributed by atoms with van der Waals surface area (Å²) in [7, 11) is 0. The average molecular weight is 452 g/mol. The molecule has 1 saturated carbocycles. The smallest absolute Gasteiger partial charge is 0.306 e. The Morgan fingerprint density at radius 1 is 1.17 bits per heavy atom. The number of nitrogens with zero attached hydrogens (tertiary/aromatic N) is 1. The summed E-state index contributed by atoms with van der Waals surface area (Å²) in [5.74, 6) is -1.77. The Balaban J connectivity index is 1.81. The van der Waals surface area contributed by atoms with Crippen molar-refractivity contribution in [2.75, 3.05) is 6.54 Å². The third-order valence-electron chi connectivity index (χ3n) is 5.47. The predicted molar refractivity (Wildman–Crippen MR) is 110 cm³/mol. The van der Waals surface area contributed by atoms with Crippen LogP contribution in [-0.4, -0.2) is 34.5 Å². The number of carbonyl (C=O) groups excluding carboxylic acids is 1. The van der Waals surface area contributed by atoms with E-state index < -0.39 is 42.4 Å². The van der Waals surface area contributed by atoms with Gasteiger partial charge in [-0.1, -0.05) is 41.4 Å². The highest BCUT2D eigenvalue weighted by molar-refractivity contribution is 6.31. The molecule has 5 nitrogen and oxygen atoms in total. The first kappa shape index (κ1) is 21.1. The number of aliphatic carboxylic acids is 1. The van der Waals surface area contributed by atoms with Gasteiger partial charge in [0.25, 0.3) is 5.91 Å². The highest BCUT2D eigenvalue weighted by atomic mass is 35.5. The number of rotatable bonds is 6. The summed E-state index contributed by atoms with van der Waals surface area (Å²) in [6.45, 7) is 0.463. The number of amides is 1. The van der Waals surface area contributed by atoms with Gasteiger partial charge in [0.05, 0.1) is 17.5 Å². The first-order chi connectivity index (χ1) is 14.3. The van der Waals surface area contributed by atoms with Crippen molar-refractivity contribution in [1.82, 2.24) is 4.90 Å². The first-order valence-corrected chi connectivity index (χ1v) is 10.5. The molecule has 0 bridgehead atoms. The van der Waals surface area contributed by atoms with Crippen LogP contribution in [-0.2, 0) is 14.3 Å². The topological polar surface area (TPSA) is 66.8 Å². The number of hydrogen-bond acceptors (Lipinski definition) is 3. The van der Waals surface area contributed by atoms with E-state index in [9.17, 15) is 19.1 Å². The fraction of sp³-hybridized carbons (Fsp3) is 0.364. The number of hydrogen-bond donors (Lipinski definition) is 1. The fourth-order valence-electron chi connectivity index (χ4n) is 3.87. The molecule has 1 saturated heterocycles. The fourth-order valence-corrected chi connectivity index (χ4v) is 4.18. The van der Waals surface area contributed by atoms with Gasteiger partial charge in [-0.2, -0.15) is 0 Å². The molecule has 8 heteroatoms. The van der Waals surface area contributed by atoms with Crippen LogP contribution < -0.4 is 0 Å². The van der Waals surface area contributed by atoms with E-state index in [1.54, 1.807) is 35.2 Å². The molecule has 2 aromatic rings. The second-order valence-electron chi connectivity index (χ2n) is 7.75. The quantitative estimate of drug-likeness (QED) is 0.668. The SMILES string of the molecule is O=C(O)C[C@@H]1O[C@H](c2cccc(Cl)c2)[C@@H](c2ccc(Cl)c(F)c2)N(CC2CC2)C1=O. The lowest BCUT2D eigenvalue weighted by molar-refractivity contribution is -0.179. The molecule has 1 heterocycles. The molecule has 0 spiro atoms. The summed E-state index contributed by atoms with van der Waals surface area (Å²) in [4.78, 5) is 26.2. The van der Waals surface area contributed by atoms with Crippen LogP contribution in [0.25, 0.3) is 0 Å². The van der Waals surface area contributed by atoms with Crippen molar-refractivity contribution in [2.24, 2.45) is 5.92 Å². The van der Waals surface area contributed by atoms with Crippen molar-refractivity contribution in [2.45, 2.75) is 37.5 Å². The zero-order valence-electron chi connectivity index (χ0n) is 15.9. The van der Waals surface area contributed by atoms with Gasteiger partial charge < -0.3 is 14.7 Å². The Kier molecular flexibility index (Phi) is 6.00. The summed E-state index contributed by atoms with van der Waals surface area (Å²) in [6.07, 6.45) is -0.280. The van der Waals surface area contributed by atoms with E-state index in [0.717, 1.165) is 12.8 Å². The molecule has 30 heavy (non-hydrogen) atoms. The summed E-state index contributed by atoms with van der Waals surface area (Å²) in [6, 6.07) is 10.8. The Morgan fingerprint density at radius 3 is 2.57 bits per heavy atom. The molecule has 158 valence electrons. The number of halogens is 3. The second-order valence-corrected chi connectivity index (χ2v) is 8.59. The molecule has 0 aromatic heterocycles. The van der Waals surface area contributed by atoms with Gasteiger partial charge in [0.15, 0.2) is 0 Å². The minimum Gasteiger partial charge on any atom is -0.481 e. The largest absolute Gasteiger partial charge is 0.481 e. The monoisotopic (exact) mass is 451 g/mol. The molecule has 4 rings (SSSR count). The van der Waals surface area contributed by atoms with E-state index >= 15 is 0 Å². The molecule has 1 aliphatic heterocycles. The lowest BCUT2D eigenvalue weighted by atomic mass is 9.91. The minimum atomic E-state index is -1.13. The van der Waals surface area contributed by atoms with Crippen LogP contribution in [0.15, 0.2) is 42.5 Å². The summed E-state index contributed by atoms with van der Waals surface area (Å²) in [5, 5.41) is 9.75. The maximum atomic E-state index is 14.3. The summed E-state index contributed by atoms with van der Waals surface area (Å²) in [5.41, 5.74) is 1.22. The molecule has 2 aromatic carbocycles. The third kappa shape index (κ3) is 4.46. The normalized spacial score (nSPS) is 24.2. The van der Waals surface area contributed by atoms with Gasteiger partial charge in [0.2, 0.25) is 0 Å². The third-order valence-corrected chi connectivity index (χ3v) is 6.01. The predicted octanol–water partition coefficient (Wildman–Crippen LogP) is 5.03. The highest BCUT2D eigenvalue weighted by Gasteiger charge is 2.46. The molecular formula is C22H20Cl2FNO4. The number of carbonyl (C=O) groups is 2. The van der Waals surface area contributed by atoms with Gasteiger partial charge in [-0.15, -0.1) is 0 Å². The molecule has 1 N–H and O–H groups in total. The Labute approximate surface area is 183 Å². The second kappa shape index (κ2) is 8.53. The van der Waals surface area contributed by atoms with Crippen molar-refractivity contribution >= 4 is 35.1 Å². The van der Waals surface area contributed by atoms with Crippen LogP contribution in [0.5, 0.6) is 0 Å². The Bertz CT molecular complexity index is 981. The molecule has 2 aliphatic rings. The molecule has 1 aliphatic carbocycles. The molecule has 3 atom stereocenters. The number of carboxylic acids is 1. The van der Waals surface area contributed by atoms with E-state index in [2.05, 4.69) is 0 Å². The van der Waals surface area contributed by atoms with Crippen LogP contribution in [0, 0.1) is 11.7 Å². The molecule has 0 radical (unpaired) electrons. The Hall–Kier alpha value is -2.15. The van der Waals surface area contributed by atoms with Gasteiger partial charge >= 0.3 is 5.97 Å². The minimum absolute atomic E-state index is 0.0152. The zero-order chi connectivity index (χ0) is 21.4. The maximum absolute atomic E-state index is 14.3. The van der Waals surface area contributed by atoms with E-state index in [1.807, 2.05) is 0 Å². The highest BCUT2D eigenvalue weighted by Crippen LogP contribution is 2.45. The van der Waals surface area contributed by atoms with Gasteiger partial charge in [0, 0.05) is 11.6 Å². The van der Waals surface area contributed by atoms with E-state index in [1.165, 1.54) is 12.1 Å². The number of benzene rings is 2. The molecule has 2 fully saturated rings. The zero-order valence-corrected chi connectivity index (χ0v) is 17.4. The van der Waals surface area contributed by atoms with Crippen molar-refractivity contribution in [3.8, 4) is 0 Å². The average Bonchev–Trinajstić information content (AvgIpc) is 3.51. The van der Waals surface area contributed by atoms with Crippen LogP contribution >= 0.6 is 23.2 Å². The standard InChI is InChI=1S/C22H20Cl2FNO4/c23-15-3-1-2-14(8-15)21-20(13-6-7-16(24)17(25)9-13)26(11-12-4-5-12)22(29)18(30-21)10-19(27)28/h1-3,6-9,12,18,20-21H,4-5,10-11H2,(H,27,28)/t18-,20+,21+/m0/s1. The lowest BCUT2D eigenvalue weighted by Gasteiger charge is -2.45. The van der Waals surface area contributed by atoms with Crippen molar-refractivity contribution in [3.05, 3.63) is 69.5 Å². The van der Waals surface area contributed by atoms with E-state index in [-0.39, 0.29) is 5.02 Å². The van der Waals surface area contributed by atoms with Gasteiger partial charge in [-0.05, 0) is 54.2 Å². The number of carboxylic acid groups (broad SMARTS) is 1. The van der Waals surface area contributed by atoms with Crippen LogP contribution in [0.4, 0.5) is 4.39 Å². The lowest BCUT2D eigenvalue weighted by Crippen LogP contribution is -2.52. The first-order valence-electron chi connectivity index (χ1n) is 9.71. The van der Waals surface area contributed by atoms with E-state index in [4.69, 9.17) is 27.9 Å². The van der Waals surface area contributed by atoms with Crippen molar-refractivity contribution in [1.29, 1.82) is 0 Å². The molecule has 1 amide bonds. The van der Waals surface area contributed by atoms with Crippen molar-refractivity contribution < 1.29 is 23.8 Å². The summed E-state index contributed by atoms with van der Waals surface area (Å²) >= 11 is 12.0. The van der Waals surface area contributed by atoms with Gasteiger partial charge in [-0.25, -0.2) is 4.39 Å². The number of morpholine rings is 1. The van der Waals surface area contributed by atoms with Crippen LogP contribution in [0.2, 0.25) is 10.0 Å². The van der Waals surface area contributed by atoms with Gasteiger partial charge in [-0.3, -0.25) is 9.59 Å². The molecule has 0 unspecified atom stereocenters. The van der Waals surface area contributed by atoms with Crippen LogP contribution in [0.3, 0.4) is 0 Å².